The summed E-state index contributed by atoms with van der Waals surface area (Å²) in [7, 11) is 0. The Balaban J connectivity index is 1.62. The molecule has 2 aromatic heterocycles. The Bertz CT molecular complexity index is 1940. The van der Waals surface area contributed by atoms with E-state index in [1.807, 2.05) is 47.9 Å². The van der Waals surface area contributed by atoms with Crippen LogP contribution < -0.4 is 30.3 Å². The zero-order valence-electron chi connectivity index (χ0n) is 22.7. The van der Waals surface area contributed by atoms with Crippen LogP contribution in [0.1, 0.15) is 25.8 Å². The average molecular weight is 633 g/mol. The monoisotopic (exact) mass is 633 g/mol. The van der Waals surface area contributed by atoms with Gasteiger partial charge in [0.2, 0.25) is 0 Å². The molecular weight excluding hydrogens is 603 g/mol. The molecule has 3 aromatic carbocycles. The van der Waals surface area contributed by atoms with Gasteiger partial charge in [0.1, 0.15) is 0 Å². The molecule has 0 atom stereocenters. The van der Waals surface area contributed by atoms with E-state index >= 15 is 0 Å². The number of aryl methyl sites for hydroxylation is 1. The summed E-state index contributed by atoms with van der Waals surface area (Å²) in [5, 5.41) is 2.45. The van der Waals surface area contributed by atoms with E-state index in [1.54, 1.807) is 11.3 Å². The van der Waals surface area contributed by atoms with Crippen molar-refractivity contribution in [3.8, 4) is 5.69 Å². The number of para-hydroxylation sites is 2. The van der Waals surface area contributed by atoms with Crippen LogP contribution in [0.3, 0.4) is 0 Å². The van der Waals surface area contributed by atoms with Crippen LogP contribution in [0.2, 0.25) is 5.02 Å². The summed E-state index contributed by atoms with van der Waals surface area (Å²) in [6, 6.07) is 24.8. The van der Waals surface area contributed by atoms with Gasteiger partial charge < -0.3 is 0 Å². The molecule has 0 spiro atoms. The Labute approximate surface area is 248 Å². The number of thiazole rings is 1. The van der Waals surface area contributed by atoms with Gasteiger partial charge in [-0.25, -0.2) is 0 Å². The van der Waals surface area contributed by atoms with Crippen LogP contribution in [-0.4, -0.2) is 30.6 Å². The molecule has 0 N–H and O–H groups in total. The van der Waals surface area contributed by atoms with E-state index < -0.39 is 0 Å². The van der Waals surface area contributed by atoms with Crippen LogP contribution in [-0.2, 0) is 13.1 Å². The van der Waals surface area contributed by atoms with Crippen molar-refractivity contribution in [1.82, 2.24) is 9.13 Å². The fraction of sp³-hybridized carbons (Fsp3) is 0.188. The van der Waals surface area contributed by atoms with Crippen molar-refractivity contribution in [1.29, 1.82) is 0 Å². The Morgan fingerprint density at radius 2 is 1.73 bits per heavy atom. The topological polar surface area (TPSA) is 34.0 Å². The summed E-state index contributed by atoms with van der Waals surface area (Å²) in [5.41, 5.74) is 4.21. The zero-order valence-corrected chi connectivity index (χ0v) is 26.0. The molecule has 1 aliphatic heterocycles. The van der Waals surface area contributed by atoms with Gasteiger partial charge in [0.05, 0.1) is 0 Å². The molecule has 0 fully saturated rings. The molecule has 0 unspecified atom stereocenters. The minimum absolute atomic E-state index is 0.00715. The van der Waals surface area contributed by atoms with Crippen LogP contribution in [0.5, 0.6) is 0 Å². The standard InChI is InChI=1S/C32H30ClN4OSSe/c1-4-34-26-20-22(33)16-18-27(26)39-30(34)21-29-36(6-3)32(38)25(37(29)23-12-8-7-9-13-23)17-19-31-35(5-2)24-14-10-11-15-28(24)40-31/h7-21H,4-6H2,1-3H3/q+1. The number of fused-ring (bicyclic) bond motifs is 2. The quantitative estimate of drug-likeness (QED) is 0.208. The number of benzene rings is 3. The maximum absolute atomic E-state index is 14.0. The van der Waals surface area contributed by atoms with Gasteiger partial charge in [-0.2, -0.15) is 0 Å². The molecule has 5 nitrogen and oxygen atoms in total. The summed E-state index contributed by atoms with van der Waals surface area (Å²) < 4.78 is 10.0. The summed E-state index contributed by atoms with van der Waals surface area (Å²) >= 11 is 8.26. The van der Waals surface area contributed by atoms with Crippen LogP contribution >= 0.6 is 22.9 Å². The van der Waals surface area contributed by atoms with Crippen molar-refractivity contribution < 1.29 is 4.57 Å². The molecule has 8 heteroatoms. The SMILES string of the molecule is CCN1C(=CC=c2c(=O)n(CC)c(=Cc3sc4ccc(Cl)cc4[n+]3CC)n2-c2ccccc2)[Se]c2ccccc21. The number of allylic oxidation sites excluding steroid dienone is 1. The van der Waals surface area contributed by atoms with Crippen molar-refractivity contribution in [2.75, 3.05) is 11.4 Å². The van der Waals surface area contributed by atoms with Gasteiger partial charge in [0.25, 0.3) is 0 Å². The Hall–Kier alpha value is -3.35. The molecule has 6 rings (SSSR count). The maximum atomic E-state index is 14.0. The number of hydrogen-bond donors (Lipinski definition) is 0. The van der Waals surface area contributed by atoms with Crippen molar-refractivity contribution in [2.24, 2.45) is 0 Å². The Kier molecular flexibility index (Phi) is 7.56. The normalized spacial score (nSPS) is 15.1. The van der Waals surface area contributed by atoms with Crippen molar-refractivity contribution in [3.63, 3.8) is 0 Å². The van der Waals surface area contributed by atoms with E-state index in [1.165, 1.54) is 19.4 Å². The molecule has 0 aliphatic carbocycles. The molecule has 202 valence electrons. The van der Waals surface area contributed by atoms with Crippen molar-refractivity contribution in [3.05, 3.63) is 115 Å². The van der Waals surface area contributed by atoms with E-state index in [4.69, 9.17) is 11.6 Å². The summed E-state index contributed by atoms with van der Waals surface area (Å²) in [6.07, 6.45) is 6.32. The number of anilines is 1. The van der Waals surface area contributed by atoms with Gasteiger partial charge in [-0.05, 0) is 0 Å². The molecule has 0 saturated carbocycles. The van der Waals surface area contributed by atoms with Crippen LogP contribution in [0.4, 0.5) is 5.69 Å². The molecule has 0 saturated heterocycles. The van der Waals surface area contributed by atoms with Gasteiger partial charge in [-0.15, -0.1) is 0 Å². The summed E-state index contributed by atoms with van der Waals surface area (Å²) in [5.74, 6) is 0. The van der Waals surface area contributed by atoms with E-state index in [2.05, 4.69) is 82.5 Å². The van der Waals surface area contributed by atoms with Gasteiger partial charge in [-0.3, -0.25) is 0 Å². The number of aromatic nitrogens is 3. The number of nitrogens with zero attached hydrogens (tertiary/aromatic N) is 4. The first-order valence-corrected chi connectivity index (χ1v) is 16.4. The average Bonchev–Trinajstić information content (AvgIpc) is 3.60. The second-order valence-electron chi connectivity index (χ2n) is 9.39. The number of halogens is 1. The van der Waals surface area contributed by atoms with Crippen LogP contribution in [0.25, 0.3) is 28.1 Å². The summed E-state index contributed by atoms with van der Waals surface area (Å²) in [4.78, 5) is 16.3. The van der Waals surface area contributed by atoms with Gasteiger partial charge in [-0.1, -0.05) is 11.6 Å². The number of imidazole rings is 1. The molecule has 0 bridgehead atoms. The number of hydrogen-bond acceptors (Lipinski definition) is 3. The van der Waals surface area contributed by atoms with Gasteiger partial charge in [0, 0.05) is 0 Å². The van der Waals surface area contributed by atoms with E-state index in [-0.39, 0.29) is 20.5 Å². The molecule has 5 aromatic rings. The van der Waals surface area contributed by atoms with E-state index in [9.17, 15) is 4.79 Å². The minimum atomic E-state index is 0.00715. The molecule has 0 amide bonds. The van der Waals surface area contributed by atoms with Crippen molar-refractivity contribution in [2.45, 2.75) is 33.9 Å². The Morgan fingerprint density at radius 1 is 0.950 bits per heavy atom. The van der Waals surface area contributed by atoms with E-state index in [0.29, 0.717) is 11.9 Å². The van der Waals surface area contributed by atoms with Crippen molar-refractivity contribution >= 4 is 70.4 Å². The summed E-state index contributed by atoms with van der Waals surface area (Å²) in [6.45, 7) is 8.61. The second kappa shape index (κ2) is 11.3. The predicted octanol–water partition coefficient (Wildman–Crippen LogP) is 4.15. The van der Waals surface area contributed by atoms with Crippen LogP contribution in [0.15, 0.2) is 88.3 Å². The molecular formula is C32H30ClN4OSSe+. The van der Waals surface area contributed by atoms with E-state index in [0.717, 1.165) is 39.8 Å². The van der Waals surface area contributed by atoms with Crippen LogP contribution in [0, 0.1) is 0 Å². The second-order valence-corrected chi connectivity index (χ2v) is 13.1. The molecule has 1 aliphatic rings. The fourth-order valence-electron chi connectivity index (χ4n) is 5.30. The third-order valence-electron chi connectivity index (χ3n) is 7.14. The van der Waals surface area contributed by atoms with Gasteiger partial charge >= 0.3 is 238 Å². The molecule has 0 radical (unpaired) electrons. The first-order chi connectivity index (χ1) is 19.5. The third-order valence-corrected chi connectivity index (χ3v) is 10.9. The molecule has 40 heavy (non-hydrogen) atoms. The first kappa shape index (κ1) is 26.9. The Morgan fingerprint density at radius 3 is 2.48 bits per heavy atom. The fourth-order valence-corrected chi connectivity index (χ4v) is 8.97. The van der Waals surface area contributed by atoms with Gasteiger partial charge in [0.15, 0.2) is 0 Å². The predicted molar refractivity (Wildman–Crippen MR) is 169 cm³/mol. The number of rotatable bonds is 6. The first-order valence-electron chi connectivity index (χ1n) is 13.5. The molecule has 3 heterocycles. The zero-order chi connectivity index (χ0) is 27.8. The third kappa shape index (κ3) is 4.67.